The first-order chi connectivity index (χ1) is 49.7. The molecule has 103 heavy (non-hydrogen) atoms. The van der Waals surface area contributed by atoms with E-state index in [1.54, 1.807) is 0 Å². The molecule has 0 fully saturated rings. The Kier molecular flexibility index (Phi) is 71.5. The van der Waals surface area contributed by atoms with Gasteiger partial charge in [-0.15, -0.1) is 0 Å². The molecule has 0 aromatic carbocycles. The van der Waals surface area contributed by atoms with Crippen LogP contribution >= 0.6 is 15.6 Å². The molecule has 5 unspecified atom stereocenters. The summed E-state index contributed by atoms with van der Waals surface area (Å²) in [4.78, 5) is 73.1. The number of aliphatic hydroxyl groups is 1. The standard InChI is InChI=1S/C84H164O17P2/c1-9-76(7)62-54-46-38-30-24-20-17-18-21-25-32-40-48-56-64-81(86)94-70-79(100-84(89)67-59-51-42-34-28-27-31-39-47-55-63-77(8)10-2)72-98-102(90,91)96-68-78(85)69-97-103(92,93)99-73-80(71-95-82(87)65-57-49-43-35-37-45-53-61-75(5)6)101-83(88)66-58-50-41-33-26-22-16-14-12-11-13-15-19-23-29-36-44-52-60-74(3)4/h74-80,85H,9-73H2,1-8H3,(H,90,91)(H,92,93)/t76?,77?,78?,79-,80-/m1/s1. The van der Waals surface area contributed by atoms with Gasteiger partial charge in [-0.25, -0.2) is 9.13 Å². The van der Waals surface area contributed by atoms with Gasteiger partial charge < -0.3 is 33.8 Å². The predicted octanol–water partition coefficient (Wildman–Crippen LogP) is 25.2. The van der Waals surface area contributed by atoms with Crippen LogP contribution in [-0.2, 0) is 65.4 Å². The fourth-order valence-corrected chi connectivity index (χ4v) is 14.5. The van der Waals surface area contributed by atoms with Crippen molar-refractivity contribution < 1.29 is 80.2 Å². The molecule has 19 heteroatoms. The molecule has 3 N–H and O–H groups in total. The van der Waals surface area contributed by atoms with Gasteiger partial charge in [-0.1, -0.05) is 383 Å². The number of phosphoric acid groups is 2. The SMILES string of the molecule is CCC(C)CCCCCCCCCCCCCCCCC(=O)OC[C@H](COP(=O)(O)OCC(O)COP(=O)(O)OC[C@@H](COC(=O)CCCCCCCCCC(C)C)OC(=O)CCCCCCCCCCCCCCCCCCCCC(C)C)OC(=O)CCCCCCCCCCCCC(C)CC. The molecule has 0 aliphatic heterocycles. The minimum absolute atomic E-state index is 0.106. The third kappa shape index (κ3) is 75.3. The average molecular weight is 1510 g/mol. The van der Waals surface area contributed by atoms with Crippen molar-refractivity contribution in [3.63, 3.8) is 0 Å². The van der Waals surface area contributed by atoms with Crippen molar-refractivity contribution in [2.24, 2.45) is 23.7 Å². The smallest absolute Gasteiger partial charge is 0.462 e. The van der Waals surface area contributed by atoms with E-state index in [-0.39, 0.29) is 25.7 Å². The van der Waals surface area contributed by atoms with Crippen molar-refractivity contribution >= 4 is 39.5 Å². The Morgan fingerprint density at radius 3 is 0.689 bits per heavy atom. The van der Waals surface area contributed by atoms with Crippen molar-refractivity contribution in [1.29, 1.82) is 0 Å². The lowest BCUT2D eigenvalue weighted by Gasteiger charge is -2.21. The van der Waals surface area contributed by atoms with E-state index >= 15 is 0 Å². The van der Waals surface area contributed by atoms with Gasteiger partial charge in [-0.2, -0.15) is 0 Å². The van der Waals surface area contributed by atoms with Gasteiger partial charge in [0.1, 0.15) is 19.3 Å². The van der Waals surface area contributed by atoms with E-state index in [4.69, 9.17) is 37.0 Å². The molecule has 0 rings (SSSR count). The van der Waals surface area contributed by atoms with E-state index < -0.39 is 97.5 Å². The number of carbonyl (C=O) groups excluding carboxylic acids is 4. The monoisotopic (exact) mass is 1510 g/mol. The lowest BCUT2D eigenvalue weighted by Crippen LogP contribution is -2.30. The summed E-state index contributed by atoms with van der Waals surface area (Å²) in [5.74, 6) is 1.07. The molecule has 0 bridgehead atoms. The fraction of sp³-hybridized carbons (Fsp3) is 0.952. The Morgan fingerprint density at radius 1 is 0.272 bits per heavy atom. The third-order valence-corrected chi connectivity index (χ3v) is 22.2. The number of aliphatic hydroxyl groups excluding tert-OH is 1. The number of rotatable bonds is 81. The number of hydrogen-bond donors (Lipinski definition) is 3. The van der Waals surface area contributed by atoms with Gasteiger partial charge in [0.2, 0.25) is 0 Å². The molecular formula is C84H164O17P2. The molecule has 0 radical (unpaired) electrons. The minimum atomic E-state index is -4.96. The van der Waals surface area contributed by atoms with Crippen molar-refractivity contribution in [2.75, 3.05) is 39.6 Å². The quantitative estimate of drug-likeness (QED) is 0.0222. The highest BCUT2D eigenvalue weighted by atomic mass is 31.2. The lowest BCUT2D eigenvalue weighted by atomic mass is 9.99. The molecule has 0 saturated carbocycles. The lowest BCUT2D eigenvalue weighted by molar-refractivity contribution is -0.161. The summed E-state index contributed by atoms with van der Waals surface area (Å²) in [6.07, 6.45) is 61.1. The summed E-state index contributed by atoms with van der Waals surface area (Å²) in [5.41, 5.74) is 0. The van der Waals surface area contributed by atoms with Crippen molar-refractivity contribution in [3.8, 4) is 0 Å². The van der Waals surface area contributed by atoms with Crippen LogP contribution in [-0.4, -0.2) is 96.7 Å². The highest BCUT2D eigenvalue weighted by Gasteiger charge is 2.30. The van der Waals surface area contributed by atoms with E-state index in [9.17, 15) is 43.2 Å². The molecule has 0 amide bonds. The molecule has 0 saturated heterocycles. The normalized spacial score (nSPS) is 14.5. The molecule has 0 aromatic rings. The predicted molar refractivity (Wildman–Crippen MR) is 423 cm³/mol. The second-order valence-electron chi connectivity index (χ2n) is 31.7. The molecule has 0 aliphatic carbocycles. The Bertz CT molecular complexity index is 2010. The number of unbranched alkanes of at least 4 members (excludes halogenated alkanes) is 45. The molecule has 0 aliphatic rings. The average Bonchev–Trinajstić information content (AvgIpc) is 0.975. The maximum Gasteiger partial charge on any atom is 0.472 e. The number of ether oxygens (including phenoxy) is 4. The van der Waals surface area contributed by atoms with Gasteiger partial charge in [0.05, 0.1) is 26.4 Å². The van der Waals surface area contributed by atoms with Crippen LogP contribution in [0.25, 0.3) is 0 Å². The van der Waals surface area contributed by atoms with Crippen LogP contribution in [0.5, 0.6) is 0 Å². The number of esters is 4. The summed E-state index contributed by atoms with van der Waals surface area (Å²) in [6.45, 7) is 14.3. The van der Waals surface area contributed by atoms with Crippen LogP contribution < -0.4 is 0 Å². The first kappa shape index (κ1) is 101. The Morgan fingerprint density at radius 2 is 0.466 bits per heavy atom. The maximum absolute atomic E-state index is 13.1. The van der Waals surface area contributed by atoms with Crippen LogP contribution in [0.4, 0.5) is 0 Å². The van der Waals surface area contributed by atoms with Gasteiger partial charge in [0, 0.05) is 25.7 Å². The summed E-state index contributed by atoms with van der Waals surface area (Å²) < 4.78 is 68.8. The highest BCUT2D eigenvalue weighted by molar-refractivity contribution is 7.47. The Labute approximate surface area is 632 Å². The minimum Gasteiger partial charge on any atom is -0.462 e. The van der Waals surface area contributed by atoms with Crippen molar-refractivity contribution in [3.05, 3.63) is 0 Å². The van der Waals surface area contributed by atoms with Crippen LogP contribution in [0.15, 0.2) is 0 Å². The molecular weight excluding hydrogens is 1340 g/mol. The molecule has 612 valence electrons. The van der Waals surface area contributed by atoms with Crippen LogP contribution in [0.3, 0.4) is 0 Å². The van der Waals surface area contributed by atoms with Gasteiger partial charge in [0.15, 0.2) is 12.2 Å². The van der Waals surface area contributed by atoms with Crippen LogP contribution in [0, 0.1) is 23.7 Å². The molecule has 7 atom stereocenters. The number of carbonyl (C=O) groups is 4. The summed E-state index contributed by atoms with van der Waals surface area (Å²) in [5, 5.41) is 10.7. The second kappa shape index (κ2) is 72.9. The summed E-state index contributed by atoms with van der Waals surface area (Å²) in [7, 11) is -9.93. The summed E-state index contributed by atoms with van der Waals surface area (Å²) in [6, 6.07) is 0. The molecule has 17 nitrogen and oxygen atoms in total. The molecule has 0 aromatic heterocycles. The first-order valence-corrected chi connectivity index (χ1v) is 46.3. The zero-order valence-electron chi connectivity index (χ0n) is 68.0. The topological polar surface area (TPSA) is 237 Å². The summed E-state index contributed by atoms with van der Waals surface area (Å²) >= 11 is 0. The number of phosphoric ester groups is 2. The van der Waals surface area contributed by atoms with Crippen molar-refractivity contribution in [2.45, 2.75) is 453 Å². The molecule has 0 heterocycles. The number of hydrogen-bond acceptors (Lipinski definition) is 15. The van der Waals surface area contributed by atoms with Gasteiger partial charge in [-0.3, -0.25) is 37.3 Å². The van der Waals surface area contributed by atoms with Gasteiger partial charge in [0.25, 0.3) is 0 Å². The van der Waals surface area contributed by atoms with Gasteiger partial charge >= 0.3 is 39.5 Å². The van der Waals surface area contributed by atoms with Crippen LogP contribution in [0.1, 0.15) is 434 Å². The van der Waals surface area contributed by atoms with E-state index in [2.05, 4.69) is 55.4 Å². The third-order valence-electron chi connectivity index (χ3n) is 20.3. The van der Waals surface area contributed by atoms with Crippen LogP contribution in [0.2, 0.25) is 0 Å². The van der Waals surface area contributed by atoms with E-state index in [0.29, 0.717) is 31.6 Å². The Balaban J connectivity index is 5.20. The first-order valence-electron chi connectivity index (χ1n) is 43.3. The van der Waals surface area contributed by atoms with Crippen molar-refractivity contribution in [1.82, 2.24) is 0 Å². The van der Waals surface area contributed by atoms with Gasteiger partial charge in [-0.05, 0) is 49.4 Å². The highest BCUT2D eigenvalue weighted by Crippen LogP contribution is 2.45. The van der Waals surface area contributed by atoms with E-state index in [1.165, 1.54) is 231 Å². The zero-order valence-corrected chi connectivity index (χ0v) is 69.7. The zero-order chi connectivity index (χ0) is 76.0. The molecule has 0 spiro atoms. The second-order valence-corrected chi connectivity index (χ2v) is 34.6. The fourth-order valence-electron chi connectivity index (χ4n) is 12.9. The Hall–Kier alpha value is -1.94. The largest absolute Gasteiger partial charge is 0.472 e. The maximum atomic E-state index is 13.1. The van der Waals surface area contributed by atoms with E-state index in [1.807, 2.05) is 0 Å². The van der Waals surface area contributed by atoms with E-state index in [0.717, 1.165) is 114 Å².